The fourth-order valence-corrected chi connectivity index (χ4v) is 6.99. The van der Waals surface area contributed by atoms with E-state index < -0.39 is 0 Å². The molecule has 1 atom stereocenters. The van der Waals surface area contributed by atoms with Gasteiger partial charge in [-0.15, -0.1) is 0 Å². The lowest BCUT2D eigenvalue weighted by Gasteiger charge is -2.38. The number of hydrogen-bond donors (Lipinski definition) is 0. The Bertz CT molecular complexity index is 897. The highest BCUT2D eigenvalue weighted by Gasteiger charge is 2.31. The van der Waals surface area contributed by atoms with Crippen molar-refractivity contribution in [1.29, 1.82) is 0 Å². The third-order valence-corrected chi connectivity index (χ3v) is 9.28. The van der Waals surface area contributed by atoms with Gasteiger partial charge in [-0.2, -0.15) is 0 Å². The Kier molecular flexibility index (Phi) is 10.0. The van der Waals surface area contributed by atoms with Crippen LogP contribution in [0.4, 0.5) is 4.39 Å². The first kappa shape index (κ1) is 26.2. The predicted molar refractivity (Wildman–Crippen MR) is 148 cm³/mol. The molecule has 4 rings (SSSR count). The van der Waals surface area contributed by atoms with Gasteiger partial charge in [-0.3, -0.25) is 0 Å². The summed E-state index contributed by atoms with van der Waals surface area (Å²) in [4.78, 5) is 0. The van der Waals surface area contributed by atoms with E-state index >= 15 is 0 Å². The van der Waals surface area contributed by atoms with E-state index in [-0.39, 0.29) is 5.82 Å². The van der Waals surface area contributed by atoms with E-state index in [1.54, 1.807) is 6.07 Å². The maximum Gasteiger partial charge on any atom is 0.126 e. The molecular weight excluding hydrogens is 427 g/mol. The summed E-state index contributed by atoms with van der Waals surface area (Å²) in [5.74, 6) is 4.39. The van der Waals surface area contributed by atoms with Crippen molar-refractivity contribution in [3.05, 3.63) is 83.2 Å². The van der Waals surface area contributed by atoms with Crippen molar-refractivity contribution in [1.82, 2.24) is 0 Å². The van der Waals surface area contributed by atoms with Crippen LogP contribution in [0, 0.1) is 29.5 Å². The molecule has 0 N–H and O–H groups in total. The van der Waals surface area contributed by atoms with Crippen molar-refractivity contribution in [3.63, 3.8) is 0 Å². The van der Waals surface area contributed by atoms with Crippen LogP contribution in [0.3, 0.4) is 0 Å². The molecule has 0 amide bonds. The minimum absolute atomic E-state index is 0.00974. The fraction of sp³-hybridized carbons (Fsp3) is 0.588. The zero-order valence-corrected chi connectivity index (χ0v) is 22.2. The van der Waals surface area contributed by atoms with Crippen molar-refractivity contribution in [2.45, 2.75) is 103 Å². The number of hydrogen-bond acceptors (Lipinski definition) is 0. The summed E-state index contributed by atoms with van der Waals surface area (Å²) in [6, 6.07) is 17.1. The van der Waals surface area contributed by atoms with Gasteiger partial charge in [0.1, 0.15) is 5.82 Å². The van der Waals surface area contributed by atoms with Crippen LogP contribution in [0.15, 0.2) is 60.7 Å². The van der Waals surface area contributed by atoms with Crippen molar-refractivity contribution >= 4 is 0 Å². The van der Waals surface area contributed by atoms with Gasteiger partial charge in [0.15, 0.2) is 0 Å². The second-order valence-corrected chi connectivity index (χ2v) is 11.7. The Hall–Kier alpha value is -1.89. The Balaban J connectivity index is 1.14. The zero-order chi connectivity index (χ0) is 24.5. The van der Waals surface area contributed by atoms with Crippen LogP contribution < -0.4 is 0 Å². The van der Waals surface area contributed by atoms with E-state index in [9.17, 15) is 4.39 Å². The molecule has 0 bridgehead atoms. The first-order chi connectivity index (χ1) is 17.1. The molecule has 35 heavy (non-hydrogen) atoms. The molecule has 1 heteroatoms. The Labute approximate surface area is 214 Å². The minimum Gasteiger partial charge on any atom is -0.207 e. The molecule has 0 aromatic heterocycles. The van der Waals surface area contributed by atoms with Gasteiger partial charge in [-0.05, 0) is 117 Å². The molecule has 0 spiro atoms. The second kappa shape index (κ2) is 13.4. The maximum absolute atomic E-state index is 14.5. The summed E-state index contributed by atoms with van der Waals surface area (Å²) in [6.45, 7) is 4.43. The van der Waals surface area contributed by atoms with Crippen molar-refractivity contribution in [3.8, 4) is 0 Å². The first-order valence-corrected chi connectivity index (χ1v) is 14.6. The molecule has 0 radical (unpaired) electrons. The van der Waals surface area contributed by atoms with Gasteiger partial charge in [0, 0.05) is 0 Å². The van der Waals surface area contributed by atoms with Gasteiger partial charge in [-0.25, -0.2) is 4.39 Å². The van der Waals surface area contributed by atoms with E-state index in [4.69, 9.17) is 0 Å². The van der Waals surface area contributed by atoms with Gasteiger partial charge in [0.25, 0.3) is 0 Å². The number of allylic oxidation sites excluding steroid dienone is 2. The molecule has 2 aliphatic carbocycles. The van der Waals surface area contributed by atoms with Crippen molar-refractivity contribution in [2.75, 3.05) is 0 Å². The number of benzene rings is 2. The monoisotopic (exact) mass is 474 g/mol. The Morgan fingerprint density at radius 3 is 2.11 bits per heavy atom. The highest BCUT2D eigenvalue weighted by atomic mass is 19.1. The van der Waals surface area contributed by atoms with E-state index in [0.717, 1.165) is 48.5 Å². The fourth-order valence-electron chi connectivity index (χ4n) is 6.99. The molecule has 0 unspecified atom stereocenters. The molecule has 0 nitrogen and oxygen atoms in total. The summed E-state index contributed by atoms with van der Waals surface area (Å²) in [5.41, 5.74) is 3.55. The number of aryl methyl sites for hydroxylation is 2. The summed E-state index contributed by atoms with van der Waals surface area (Å²) in [6.07, 6.45) is 20.9. The van der Waals surface area contributed by atoms with Crippen LogP contribution in [0.2, 0.25) is 0 Å². The molecule has 2 saturated carbocycles. The Morgan fingerprint density at radius 2 is 1.49 bits per heavy atom. The third-order valence-electron chi connectivity index (χ3n) is 9.28. The van der Waals surface area contributed by atoms with Gasteiger partial charge in [0.05, 0.1) is 0 Å². The SMILES string of the molecule is C/C=C/CCc1ccc(CCC2CCC(C3CCC(C[C@H](C)c4ccccc4)CC3)CC2)cc1F. The second-order valence-electron chi connectivity index (χ2n) is 11.7. The number of rotatable bonds is 10. The van der Waals surface area contributed by atoms with Crippen LogP contribution in [-0.2, 0) is 12.8 Å². The molecule has 0 heterocycles. The van der Waals surface area contributed by atoms with E-state index in [1.807, 2.05) is 19.1 Å². The van der Waals surface area contributed by atoms with Gasteiger partial charge < -0.3 is 0 Å². The summed E-state index contributed by atoms with van der Waals surface area (Å²) in [7, 11) is 0. The maximum atomic E-state index is 14.5. The molecule has 0 saturated heterocycles. The third kappa shape index (κ3) is 7.80. The van der Waals surface area contributed by atoms with Crippen molar-refractivity contribution < 1.29 is 4.39 Å². The molecule has 2 fully saturated rings. The standard InChI is InChI=1S/C34H47F/c1-3-4-6-11-33-23-18-29(25-34(33)35)13-12-27-14-19-31(20-15-27)32-21-16-28(17-22-32)24-26(2)30-9-7-5-8-10-30/h3-5,7-10,18,23,25-28,31-32H,6,11-17,19-22,24H2,1-2H3/b4-3+/t26-,27?,28?,31?,32?/m0/s1. The lowest BCUT2D eigenvalue weighted by atomic mass is 9.67. The highest BCUT2D eigenvalue weighted by molar-refractivity contribution is 5.25. The van der Waals surface area contributed by atoms with Crippen LogP contribution in [-0.4, -0.2) is 0 Å². The van der Waals surface area contributed by atoms with Gasteiger partial charge in [0.2, 0.25) is 0 Å². The van der Waals surface area contributed by atoms with E-state index in [1.165, 1.54) is 75.3 Å². The van der Waals surface area contributed by atoms with Gasteiger partial charge >= 0.3 is 0 Å². The van der Waals surface area contributed by atoms with Crippen LogP contribution in [0.5, 0.6) is 0 Å². The van der Waals surface area contributed by atoms with Crippen molar-refractivity contribution in [2.24, 2.45) is 23.7 Å². The van der Waals surface area contributed by atoms with Gasteiger partial charge in [-0.1, -0.05) is 87.2 Å². The van der Waals surface area contributed by atoms with Crippen LogP contribution >= 0.6 is 0 Å². The molecule has 190 valence electrons. The molecule has 2 aromatic carbocycles. The average molecular weight is 475 g/mol. The summed E-state index contributed by atoms with van der Waals surface area (Å²) in [5, 5.41) is 0. The normalized spacial score (nSPS) is 26.1. The molecular formula is C34H47F. The minimum atomic E-state index is -0.00974. The molecule has 0 aliphatic heterocycles. The molecule has 2 aliphatic rings. The lowest BCUT2D eigenvalue weighted by molar-refractivity contribution is 0.139. The average Bonchev–Trinajstić information content (AvgIpc) is 2.90. The smallest absolute Gasteiger partial charge is 0.126 e. The highest BCUT2D eigenvalue weighted by Crippen LogP contribution is 2.44. The lowest BCUT2D eigenvalue weighted by Crippen LogP contribution is -2.26. The van der Waals surface area contributed by atoms with Crippen LogP contribution in [0.1, 0.15) is 107 Å². The molecule has 2 aromatic rings. The number of halogens is 1. The Morgan fingerprint density at radius 1 is 0.829 bits per heavy atom. The largest absolute Gasteiger partial charge is 0.207 e. The first-order valence-electron chi connectivity index (χ1n) is 14.6. The van der Waals surface area contributed by atoms with E-state index in [2.05, 4.69) is 49.4 Å². The summed E-state index contributed by atoms with van der Waals surface area (Å²) < 4.78 is 14.5. The zero-order valence-electron chi connectivity index (χ0n) is 22.2. The van der Waals surface area contributed by atoms with Crippen LogP contribution in [0.25, 0.3) is 0 Å². The quantitative estimate of drug-likeness (QED) is 0.300. The predicted octanol–water partition coefficient (Wildman–Crippen LogP) is 10.1. The topological polar surface area (TPSA) is 0 Å². The van der Waals surface area contributed by atoms with E-state index in [0.29, 0.717) is 5.92 Å². The summed E-state index contributed by atoms with van der Waals surface area (Å²) >= 11 is 0.